The SMILES string of the molecule is C[C@H]1CN(c2nc3cc(Cl)ccc3cc2C#N)CCO1. The Hall–Kier alpha value is -1.83. The van der Waals surface area contributed by atoms with Crippen molar-refractivity contribution < 1.29 is 4.74 Å². The summed E-state index contributed by atoms with van der Waals surface area (Å²) in [5, 5.41) is 10.9. The molecule has 0 spiro atoms. The number of nitrogens with zero attached hydrogens (tertiary/aromatic N) is 3. The summed E-state index contributed by atoms with van der Waals surface area (Å²) in [4.78, 5) is 6.73. The normalized spacial score (nSPS) is 19.1. The molecule has 4 nitrogen and oxygen atoms in total. The minimum atomic E-state index is 0.146. The topological polar surface area (TPSA) is 49.2 Å². The number of morpholine rings is 1. The first-order valence-corrected chi connectivity index (χ1v) is 6.92. The first-order valence-electron chi connectivity index (χ1n) is 6.54. The summed E-state index contributed by atoms with van der Waals surface area (Å²) in [6.07, 6.45) is 0.146. The van der Waals surface area contributed by atoms with Crippen LogP contribution in [0.4, 0.5) is 5.82 Å². The van der Waals surface area contributed by atoms with Crippen molar-refractivity contribution in [1.82, 2.24) is 4.98 Å². The Kier molecular flexibility index (Phi) is 3.47. The third-order valence-corrected chi connectivity index (χ3v) is 3.66. The lowest BCUT2D eigenvalue weighted by Crippen LogP contribution is -2.41. The first kappa shape index (κ1) is 13.2. The molecular formula is C15H14ClN3O. The average Bonchev–Trinajstić information content (AvgIpc) is 2.45. The van der Waals surface area contributed by atoms with Crippen molar-refractivity contribution in [2.75, 3.05) is 24.6 Å². The van der Waals surface area contributed by atoms with Crippen molar-refractivity contribution >= 4 is 28.3 Å². The van der Waals surface area contributed by atoms with Crippen LogP contribution >= 0.6 is 11.6 Å². The van der Waals surface area contributed by atoms with Gasteiger partial charge in [0.15, 0.2) is 0 Å². The third-order valence-electron chi connectivity index (χ3n) is 3.42. The lowest BCUT2D eigenvalue weighted by Gasteiger charge is -2.32. The van der Waals surface area contributed by atoms with Crippen LogP contribution in [0.3, 0.4) is 0 Å². The zero-order valence-electron chi connectivity index (χ0n) is 11.1. The average molecular weight is 288 g/mol. The second kappa shape index (κ2) is 5.28. The Morgan fingerprint density at radius 1 is 1.45 bits per heavy atom. The number of halogens is 1. The fourth-order valence-electron chi connectivity index (χ4n) is 2.46. The van der Waals surface area contributed by atoms with Gasteiger partial charge in [-0.3, -0.25) is 0 Å². The monoisotopic (exact) mass is 287 g/mol. The van der Waals surface area contributed by atoms with Gasteiger partial charge in [-0.1, -0.05) is 17.7 Å². The molecule has 2 aromatic rings. The maximum Gasteiger partial charge on any atom is 0.147 e. The van der Waals surface area contributed by atoms with E-state index < -0.39 is 0 Å². The molecule has 0 bridgehead atoms. The molecule has 1 aliphatic heterocycles. The largest absolute Gasteiger partial charge is 0.375 e. The van der Waals surface area contributed by atoms with Gasteiger partial charge in [-0.25, -0.2) is 4.98 Å². The molecule has 0 unspecified atom stereocenters. The smallest absolute Gasteiger partial charge is 0.147 e. The van der Waals surface area contributed by atoms with Gasteiger partial charge in [0, 0.05) is 23.5 Å². The van der Waals surface area contributed by atoms with Gasteiger partial charge in [0.05, 0.1) is 23.8 Å². The number of aromatic nitrogens is 1. The summed E-state index contributed by atoms with van der Waals surface area (Å²) in [6.45, 7) is 4.17. The van der Waals surface area contributed by atoms with Crippen molar-refractivity contribution in [1.29, 1.82) is 5.26 Å². The maximum atomic E-state index is 9.36. The van der Waals surface area contributed by atoms with Gasteiger partial charge in [-0.05, 0) is 25.1 Å². The molecular weight excluding hydrogens is 274 g/mol. The van der Waals surface area contributed by atoms with Gasteiger partial charge in [0.2, 0.25) is 0 Å². The Labute approximate surface area is 122 Å². The van der Waals surface area contributed by atoms with Crippen LogP contribution in [-0.2, 0) is 4.74 Å². The lowest BCUT2D eigenvalue weighted by atomic mass is 10.1. The van der Waals surface area contributed by atoms with E-state index in [1.807, 2.05) is 31.2 Å². The highest BCUT2D eigenvalue weighted by Gasteiger charge is 2.21. The molecule has 0 saturated carbocycles. The van der Waals surface area contributed by atoms with Crippen LogP contribution in [0.25, 0.3) is 10.9 Å². The van der Waals surface area contributed by atoms with E-state index in [1.54, 1.807) is 0 Å². The van der Waals surface area contributed by atoms with E-state index in [1.165, 1.54) is 0 Å². The molecule has 0 amide bonds. The number of pyridine rings is 1. The quantitative estimate of drug-likeness (QED) is 0.809. The maximum absolute atomic E-state index is 9.36. The molecule has 1 atom stereocenters. The van der Waals surface area contributed by atoms with Gasteiger partial charge >= 0.3 is 0 Å². The van der Waals surface area contributed by atoms with E-state index in [4.69, 9.17) is 16.3 Å². The van der Waals surface area contributed by atoms with E-state index in [0.29, 0.717) is 17.2 Å². The Balaban J connectivity index is 2.10. The number of ether oxygens (including phenoxy) is 1. The van der Waals surface area contributed by atoms with Gasteiger partial charge in [-0.2, -0.15) is 5.26 Å². The highest BCUT2D eigenvalue weighted by atomic mass is 35.5. The fourth-order valence-corrected chi connectivity index (χ4v) is 2.63. The van der Waals surface area contributed by atoms with E-state index in [9.17, 15) is 5.26 Å². The van der Waals surface area contributed by atoms with Crippen molar-refractivity contribution in [2.45, 2.75) is 13.0 Å². The number of benzene rings is 1. The predicted molar refractivity (Wildman–Crippen MR) is 79.1 cm³/mol. The number of rotatable bonds is 1. The molecule has 1 fully saturated rings. The van der Waals surface area contributed by atoms with Gasteiger partial charge in [-0.15, -0.1) is 0 Å². The Morgan fingerprint density at radius 3 is 3.05 bits per heavy atom. The standard InChI is InChI=1S/C15H14ClN3O/c1-10-9-19(4-5-20-10)15-12(8-17)6-11-2-3-13(16)7-14(11)18-15/h2-3,6-7,10H,4-5,9H2,1H3/t10-/m0/s1. The molecule has 20 heavy (non-hydrogen) atoms. The van der Waals surface area contributed by atoms with Crippen LogP contribution in [0.1, 0.15) is 12.5 Å². The number of hydrogen-bond acceptors (Lipinski definition) is 4. The van der Waals surface area contributed by atoms with E-state index >= 15 is 0 Å². The van der Waals surface area contributed by atoms with Crippen molar-refractivity contribution in [2.24, 2.45) is 0 Å². The second-order valence-electron chi connectivity index (χ2n) is 4.94. The van der Waals surface area contributed by atoms with Crippen molar-refractivity contribution in [3.8, 4) is 6.07 Å². The van der Waals surface area contributed by atoms with Crippen LogP contribution in [0, 0.1) is 11.3 Å². The van der Waals surface area contributed by atoms with E-state index in [0.717, 1.165) is 29.8 Å². The summed E-state index contributed by atoms with van der Waals surface area (Å²) in [7, 11) is 0. The lowest BCUT2D eigenvalue weighted by molar-refractivity contribution is 0.0529. The van der Waals surface area contributed by atoms with E-state index in [2.05, 4.69) is 16.0 Å². The van der Waals surface area contributed by atoms with Gasteiger partial charge in [0.1, 0.15) is 11.9 Å². The number of hydrogen-bond donors (Lipinski definition) is 0. The predicted octanol–water partition coefficient (Wildman–Crippen LogP) is 2.98. The van der Waals surface area contributed by atoms with Gasteiger partial charge in [0.25, 0.3) is 0 Å². The Bertz CT molecular complexity index is 695. The molecule has 102 valence electrons. The van der Waals surface area contributed by atoms with Crippen molar-refractivity contribution in [3.05, 3.63) is 34.9 Å². The molecule has 2 heterocycles. The number of anilines is 1. The molecule has 5 heteroatoms. The van der Waals surface area contributed by atoms with Crippen LogP contribution in [0.15, 0.2) is 24.3 Å². The minimum Gasteiger partial charge on any atom is -0.375 e. The summed E-state index contributed by atoms with van der Waals surface area (Å²) >= 11 is 6.02. The third kappa shape index (κ3) is 2.43. The molecule has 3 rings (SSSR count). The summed E-state index contributed by atoms with van der Waals surface area (Å²) in [6, 6.07) is 9.63. The Morgan fingerprint density at radius 2 is 2.30 bits per heavy atom. The molecule has 0 aliphatic carbocycles. The molecule has 1 aromatic heterocycles. The molecule has 1 saturated heterocycles. The first-order chi connectivity index (χ1) is 9.67. The minimum absolute atomic E-state index is 0.146. The highest BCUT2D eigenvalue weighted by molar-refractivity contribution is 6.31. The van der Waals surface area contributed by atoms with Crippen molar-refractivity contribution in [3.63, 3.8) is 0 Å². The molecule has 1 aliphatic rings. The molecule has 1 aromatic carbocycles. The second-order valence-corrected chi connectivity index (χ2v) is 5.37. The van der Waals surface area contributed by atoms with Crippen LogP contribution < -0.4 is 4.90 Å². The van der Waals surface area contributed by atoms with Crippen LogP contribution in [0.2, 0.25) is 5.02 Å². The fraction of sp³-hybridized carbons (Fsp3) is 0.333. The van der Waals surface area contributed by atoms with Gasteiger partial charge < -0.3 is 9.64 Å². The summed E-state index contributed by atoms with van der Waals surface area (Å²) in [5.74, 6) is 0.720. The molecule has 0 N–H and O–H groups in total. The van der Waals surface area contributed by atoms with E-state index in [-0.39, 0.29) is 6.10 Å². The zero-order chi connectivity index (χ0) is 14.1. The van der Waals surface area contributed by atoms with Crippen LogP contribution in [0.5, 0.6) is 0 Å². The summed E-state index contributed by atoms with van der Waals surface area (Å²) in [5.41, 5.74) is 1.40. The molecule has 0 radical (unpaired) electrons. The number of fused-ring (bicyclic) bond motifs is 1. The van der Waals surface area contributed by atoms with Crippen LogP contribution in [-0.4, -0.2) is 30.8 Å². The summed E-state index contributed by atoms with van der Waals surface area (Å²) < 4.78 is 5.54. The number of nitriles is 1. The zero-order valence-corrected chi connectivity index (χ0v) is 11.9. The highest BCUT2D eigenvalue weighted by Crippen LogP contribution is 2.26.